The fourth-order valence-electron chi connectivity index (χ4n) is 0.973. The third-order valence-corrected chi connectivity index (χ3v) is 1.90. The summed E-state index contributed by atoms with van der Waals surface area (Å²) in [6.07, 6.45) is 4.82. The monoisotopic (exact) mass is 194 g/mol. The summed E-state index contributed by atoms with van der Waals surface area (Å²) < 4.78 is 1.64. The number of aromatic nitrogens is 4. The van der Waals surface area contributed by atoms with Crippen molar-refractivity contribution in [3.05, 3.63) is 36.7 Å². The Labute approximate surface area is 80.2 Å². The van der Waals surface area contributed by atoms with E-state index in [4.69, 9.17) is 11.6 Å². The van der Waals surface area contributed by atoms with Crippen molar-refractivity contribution in [3.63, 3.8) is 0 Å². The SMILES string of the molecule is ClCc1ccc(-n2cncn2)cn1. The van der Waals surface area contributed by atoms with Gasteiger partial charge in [0, 0.05) is 0 Å². The second-order valence-electron chi connectivity index (χ2n) is 2.48. The van der Waals surface area contributed by atoms with Crippen LogP contribution < -0.4 is 0 Å². The van der Waals surface area contributed by atoms with E-state index in [1.165, 1.54) is 6.33 Å². The minimum atomic E-state index is 0.428. The minimum Gasteiger partial charge on any atom is -0.258 e. The molecule has 0 saturated carbocycles. The van der Waals surface area contributed by atoms with Gasteiger partial charge < -0.3 is 0 Å². The summed E-state index contributed by atoms with van der Waals surface area (Å²) in [5.74, 6) is 0.428. The molecule has 0 saturated heterocycles. The molecule has 0 bridgehead atoms. The van der Waals surface area contributed by atoms with E-state index in [1.54, 1.807) is 17.2 Å². The minimum absolute atomic E-state index is 0.428. The highest BCUT2D eigenvalue weighted by atomic mass is 35.5. The van der Waals surface area contributed by atoms with E-state index in [0.717, 1.165) is 11.4 Å². The fraction of sp³-hybridized carbons (Fsp3) is 0.125. The summed E-state index contributed by atoms with van der Waals surface area (Å²) in [5, 5.41) is 3.97. The maximum absolute atomic E-state index is 5.61. The lowest BCUT2D eigenvalue weighted by Crippen LogP contribution is -1.95. The summed E-state index contributed by atoms with van der Waals surface area (Å²) in [6.45, 7) is 0. The maximum Gasteiger partial charge on any atom is 0.138 e. The van der Waals surface area contributed by atoms with Gasteiger partial charge in [-0.15, -0.1) is 11.6 Å². The van der Waals surface area contributed by atoms with Gasteiger partial charge in [0.05, 0.1) is 23.5 Å². The van der Waals surface area contributed by atoms with Gasteiger partial charge in [-0.1, -0.05) is 0 Å². The molecule has 2 aromatic heterocycles. The van der Waals surface area contributed by atoms with Crippen molar-refractivity contribution in [2.24, 2.45) is 0 Å². The van der Waals surface area contributed by atoms with Gasteiger partial charge in [0.1, 0.15) is 12.7 Å². The molecule has 0 N–H and O–H groups in total. The van der Waals surface area contributed by atoms with Gasteiger partial charge in [0.2, 0.25) is 0 Å². The average Bonchev–Trinajstić information content (AvgIpc) is 2.71. The van der Waals surface area contributed by atoms with E-state index in [-0.39, 0.29) is 0 Å². The molecular formula is C8H7ClN4. The smallest absolute Gasteiger partial charge is 0.138 e. The van der Waals surface area contributed by atoms with Gasteiger partial charge in [0.15, 0.2) is 0 Å². The highest BCUT2D eigenvalue weighted by Crippen LogP contribution is 2.05. The van der Waals surface area contributed by atoms with E-state index in [0.29, 0.717) is 5.88 Å². The molecule has 2 aromatic rings. The van der Waals surface area contributed by atoms with E-state index in [9.17, 15) is 0 Å². The van der Waals surface area contributed by atoms with Crippen LogP contribution in [0.3, 0.4) is 0 Å². The highest BCUT2D eigenvalue weighted by molar-refractivity contribution is 6.16. The van der Waals surface area contributed by atoms with Crippen molar-refractivity contribution in [3.8, 4) is 5.69 Å². The Balaban J connectivity index is 2.33. The molecule has 13 heavy (non-hydrogen) atoms. The lowest BCUT2D eigenvalue weighted by atomic mass is 10.3. The van der Waals surface area contributed by atoms with Crippen molar-refractivity contribution in [1.29, 1.82) is 0 Å². The lowest BCUT2D eigenvalue weighted by Gasteiger charge is -1.99. The highest BCUT2D eigenvalue weighted by Gasteiger charge is 1.96. The van der Waals surface area contributed by atoms with Crippen molar-refractivity contribution in [2.75, 3.05) is 0 Å². The first-order valence-electron chi connectivity index (χ1n) is 3.76. The average molecular weight is 195 g/mol. The summed E-state index contributed by atoms with van der Waals surface area (Å²) in [5.41, 5.74) is 1.73. The third kappa shape index (κ3) is 1.67. The van der Waals surface area contributed by atoms with Crippen LogP contribution in [0.25, 0.3) is 5.69 Å². The molecule has 4 nitrogen and oxygen atoms in total. The lowest BCUT2D eigenvalue weighted by molar-refractivity contribution is 0.869. The fourth-order valence-corrected chi connectivity index (χ4v) is 1.13. The van der Waals surface area contributed by atoms with Crippen LogP contribution in [0.4, 0.5) is 0 Å². The summed E-state index contributed by atoms with van der Waals surface area (Å²) in [4.78, 5) is 7.97. The zero-order valence-corrected chi connectivity index (χ0v) is 7.52. The van der Waals surface area contributed by atoms with Gasteiger partial charge in [-0.2, -0.15) is 5.10 Å². The molecular weight excluding hydrogens is 188 g/mol. The van der Waals surface area contributed by atoms with Crippen molar-refractivity contribution in [2.45, 2.75) is 5.88 Å². The Morgan fingerprint density at radius 3 is 2.85 bits per heavy atom. The number of alkyl halides is 1. The number of halogens is 1. The molecule has 0 aromatic carbocycles. The zero-order chi connectivity index (χ0) is 9.10. The Bertz CT molecular complexity index is 368. The number of hydrogen-bond acceptors (Lipinski definition) is 3. The van der Waals surface area contributed by atoms with Crippen LogP contribution in [-0.4, -0.2) is 19.7 Å². The predicted octanol–water partition coefficient (Wildman–Crippen LogP) is 1.40. The molecule has 0 amide bonds. The van der Waals surface area contributed by atoms with Crippen molar-refractivity contribution < 1.29 is 0 Å². The summed E-state index contributed by atoms with van der Waals surface area (Å²) in [7, 11) is 0. The Hall–Kier alpha value is -1.42. The largest absolute Gasteiger partial charge is 0.258 e. The molecule has 0 spiro atoms. The van der Waals surface area contributed by atoms with E-state index >= 15 is 0 Å². The molecule has 66 valence electrons. The summed E-state index contributed by atoms with van der Waals surface area (Å²) >= 11 is 5.61. The van der Waals surface area contributed by atoms with Crippen molar-refractivity contribution >= 4 is 11.6 Å². The molecule has 0 radical (unpaired) electrons. The molecule has 0 aliphatic rings. The van der Waals surface area contributed by atoms with Gasteiger partial charge in [-0.05, 0) is 12.1 Å². The van der Waals surface area contributed by atoms with Crippen molar-refractivity contribution in [1.82, 2.24) is 19.7 Å². The van der Waals surface area contributed by atoms with Crippen LogP contribution in [0.15, 0.2) is 31.0 Å². The maximum atomic E-state index is 5.61. The van der Waals surface area contributed by atoms with Crippen LogP contribution in [0.2, 0.25) is 0 Å². The molecule has 0 atom stereocenters. The van der Waals surface area contributed by atoms with Gasteiger partial charge in [-0.25, -0.2) is 9.67 Å². The standard InChI is InChI=1S/C8H7ClN4/c9-3-7-1-2-8(4-11-7)13-6-10-5-12-13/h1-2,4-6H,3H2. The molecule has 0 fully saturated rings. The molecule has 2 heterocycles. The first-order chi connectivity index (χ1) is 6.40. The summed E-state index contributed by atoms with van der Waals surface area (Å²) in [6, 6.07) is 3.77. The second kappa shape index (κ2) is 3.53. The number of nitrogens with zero attached hydrogens (tertiary/aromatic N) is 4. The van der Waals surface area contributed by atoms with Gasteiger partial charge in [0.25, 0.3) is 0 Å². The third-order valence-electron chi connectivity index (χ3n) is 1.63. The van der Waals surface area contributed by atoms with Crippen LogP contribution >= 0.6 is 11.6 Å². The van der Waals surface area contributed by atoms with Crippen LogP contribution in [-0.2, 0) is 5.88 Å². The Kier molecular flexibility index (Phi) is 2.23. The van der Waals surface area contributed by atoms with Crippen LogP contribution in [0.5, 0.6) is 0 Å². The van der Waals surface area contributed by atoms with Gasteiger partial charge >= 0.3 is 0 Å². The first-order valence-corrected chi connectivity index (χ1v) is 4.29. The molecule has 0 aliphatic carbocycles. The number of pyridine rings is 1. The molecule has 2 rings (SSSR count). The molecule has 0 unspecified atom stereocenters. The Morgan fingerprint density at radius 2 is 2.31 bits per heavy atom. The first kappa shape index (κ1) is 8.19. The topological polar surface area (TPSA) is 43.6 Å². The molecule has 5 heteroatoms. The quantitative estimate of drug-likeness (QED) is 0.679. The predicted molar refractivity (Wildman–Crippen MR) is 48.7 cm³/mol. The second-order valence-corrected chi connectivity index (χ2v) is 2.75. The zero-order valence-electron chi connectivity index (χ0n) is 6.76. The normalized spacial score (nSPS) is 10.2. The number of hydrogen-bond donors (Lipinski definition) is 0. The van der Waals surface area contributed by atoms with E-state index in [2.05, 4.69) is 15.1 Å². The van der Waals surface area contributed by atoms with E-state index < -0.39 is 0 Å². The van der Waals surface area contributed by atoms with Crippen LogP contribution in [0, 0.1) is 0 Å². The van der Waals surface area contributed by atoms with Gasteiger partial charge in [-0.3, -0.25) is 4.98 Å². The molecule has 0 aliphatic heterocycles. The van der Waals surface area contributed by atoms with E-state index in [1.807, 2.05) is 12.1 Å². The van der Waals surface area contributed by atoms with Crippen LogP contribution in [0.1, 0.15) is 5.69 Å². The number of rotatable bonds is 2. The Morgan fingerprint density at radius 1 is 1.38 bits per heavy atom.